The van der Waals surface area contributed by atoms with Gasteiger partial charge in [0, 0.05) is 0 Å². The van der Waals surface area contributed by atoms with E-state index in [1.54, 1.807) is 0 Å². The van der Waals surface area contributed by atoms with Crippen molar-refractivity contribution in [3.05, 3.63) is 5.32 Å². The molecule has 1 unspecified atom stereocenters. The second-order valence-corrected chi connectivity index (χ2v) is 2.46. The molecule has 1 aliphatic heterocycles. The Morgan fingerprint density at radius 3 is 2.75 bits per heavy atom. The molecule has 0 bridgehead atoms. The van der Waals surface area contributed by atoms with Gasteiger partial charge in [-0.1, -0.05) is 6.92 Å². The lowest BCUT2D eigenvalue weighted by atomic mass is 10.2. The fraction of sp³-hybridized carbons (Fsp3) is 1.00. The van der Waals surface area contributed by atoms with E-state index in [1.165, 1.54) is 0 Å². The number of nitrogens with zero attached hydrogens (tertiary/aromatic N) is 2. The lowest BCUT2D eigenvalue weighted by molar-refractivity contribution is 0.258. The van der Waals surface area contributed by atoms with Gasteiger partial charge in [0.2, 0.25) is 0 Å². The largest absolute Gasteiger partial charge is 0.660 e. The maximum absolute atomic E-state index is 4.27. The summed E-state index contributed by atoms with van der Waals surface area (Å²) in [6.07, 6.45) is 0. The van der Waals surface area contributed by atoms with Gasteiger partial charge in [-0.3, -0.25) is 0 Å². The van der Waals surface area contributed by atoms with Crippen molar-refractivity contribution in [2.24, 2.45) is 0 Å². The van der Waals surface area contributed by atoms with Gasteiger partial charge < -0.3 is 10.2 Å². The Bertz CT molecular complexity index is 62.9. The second kappa shape index (κ2) is 2.46. The Morgan fingerprint density at radius 1 is 1.62 bits per heavy atom. The maximum atomic E-state index is 4.27. The Balaban J connectivity index is 2.28. The van der Waals surface area contributed by atoms with Crippen LogP contribution in [-0.4, -0.2) is 37.6 Å². The van der Waals surface area contributed by atoms with Crippen molar-refractivity contribution < 1.29 is 0 Å². The molecular formula is C6H13N2-. The molecule has 2 heteroatoms. The zero-order valence-corrected chi connectivity index (χ0v) is 5.59. The Kier molecular flexibility index (Phi) is 1.86. The summed E-state index contributed by atoms with van der Waals surface area (Å²) in [4.78, 5) is 2.34. The van der Waals surface area contributed by atoms with Gasteiger partial charge in [0.25, 0.3) is 0 Å². The molecule has 1 aliphatic rings. The molecule has 0 aromatic carbocycles. The van der Waals surface area contributed by atoms with Gasteiger partial charge in [-0.15, -0.1) is 13.1 Å². The minimum absolute atomic E-state index is 0.670. The minimum Gasteiger partial charge on any atom is -0.660 e. The van der Waals surface area contributed by atoms with E-state index in [0.717, 1.165) is 19.6 Å². The van der Waals surface area contributed by atoms with Gasteiger partial charge in [-0.2, -0.15) is 0 Å². The Labute approximate surface area is 50.9 Å². The first-order chi connectivity index (χ1) is 3.80. The predicted molar refractivity (Wildman–Crippen MR) is 35.2 cm³/mol. The van der Waals surface area contributed by atoms with E-state index in [4.69, 9.17) is 0 Å². The van der Waals surface area contributed by atoms with Crippen LogP contribution in [0.1, 0.15) is 6.92 Å². The summed E-state index contributed by atoms with van der Waals surface area (Å²) in [6.45, 7) is 5.40. The van der Waals surface area contributed by atoms with Gasteiger partial charge in [-0.05, 0) is 19.6 Å². The molecule has 48 valence electrons. The average molecular weight is 113 g/mol. The van der Waals surface area contributed by atoms with Crippen molar-refractivity contribution >= 4 is 0 Å². The molecular weight excluding hydrogens is 100 g/mol. The van der Waals surface area contributed by atoms with E-state index in [2.05, 4.69) is 24.2 Å². The molecule has 0 N–H and O–H groups in total. The summed E-state index contributed by atoms with van der Waals surface area (Å²) in [6, 6.07) is 0.670. The van der Waals surface area contributed by atoms with Crippen LogP contribution in [0.15, 0.2) is 0 Å². The summed E-state index contributed by atoms with van der Waals surface area (Å²) in [7, 11) is 2.15. The molecule has 1 heterocycles. The van der Waals surface area contributed by atoms with Crippen molar-refractivity contribution in [3.8, 4) is 0 Å². The predicted octanol–water partition coefficient (Wildman–Crippen LogP) is 0.694. The molecule has 0 radical (unpaired) electrons. The molecule has 8 heavy (non-hydrogen) atoms. The maximum Gasteiger partial charge on any atom is -0.0125 e. The van der Waals surface area contributed by atoms with Crippen LogP contribution in [0.3, 0.4) is 0 Å². The van der Waals surface area contributed by atoms with Crippen molar-refractivity contribution in [3.63, 3.8) is 0 Å². The molecule has 0 aliphatic carbocycles. The third-order valence-electron chi connectivity index (χ3n) is 1.76. The molecule has 0 spiro atoms. The van der Waals surface area contributed by atoms with Gasteiger partial charge in [0.15, 0.2) is 0 Å². The van der Waals surface area contributed by atoms with Crippen LogP contribution in [0.2, 0.25) is 0 Å². The van der Waals surface area contributed by atoms with Crippen LogP contribution >= 0.6 is 0 Å². The first-order valence-corrected chi connectivity index (χ1v) is 3.14. The summed E-state index contributed by atoms with van der Waals surface area (Å²) >= 11 is 0. The quantitative estimate of drug-likeness (QED) is 0.452. The van der Waals surface area contributed by atoms with E-state index in [0.29, 0.717) is 6.04 Å². The number of likely N-dealkylation sites (N-methyl/N-ethyl adjacent to an activating group) is 1. The zero-order chi connectivity index (χ0) is 5.98. The highest BCUT2D eigenvalue weighted by Crippen LogP contribution is 2.05. The lowest BCUT2D eigenvalue weighted by Gasteiger charge is -2.38. The van der Waals surface area contributed by atoms with Crippen LogP contribution in [0.4, 0.5) is 0 Å². The lowest BCUT2D eigenvalue weighted by Crippen LogP contribution is -2.38. The van der Waals surface area contributed by atoms with Gasteiger partial charge in [0.05, 0.1) is 0 Å². The minimum atomic E-state index is 0.670. The standard InChI is InChI=1S/C6H13N2/c1-6-5-7-3-4-8(6)2/h6H,3-5H2,1-2H3/q-1. The van der Waals surface area contributed by atoms with E-state index in [1.807, 2.05) is 0 Å². The zero-order valence-electron chi connectivity index (χ0n) is 5.59. The molecule has 2 nitrogen and oxygen atoms in total. The highest BCUT2D eigenvalue weighted by molar-refractivity contribution is 4.91. The van der Waals surface area contributed by atoms with Crippen molar-refractivity contribution in [2.75, 3.05) is 26.7 Å². The van der Waals surface area contributed by atoms with E-state index < -0.39 is 0 Å². The SMILES string of the molecule is CC1C[N-]CCN1C. The summed E-state index contributed by atoms with van der Waals surface area (Å²) in [5, 5.41) is 4.27. The van der Waals surface area contributed by atoms with Crippen LogP contribution < -0.4 is 0 Å². The smallest absolute Gasteiger partial charge is 0.0125 e. The fourth-order valence-corrected chi connectivity index (χ4v) is 0.866. The molecule has 0 aromatic rings. The Hall–Kier alpha value is -0.0800. The first-order valence-electron chi connectivity index (χ1n) is 3.14. The van der Waals surface area contributed by atoms with E-state index >= 15 is 0 Å². The van der Waals surface area contributed by atoms with Crippen LogP contribution in [-0.2, 0) is 0 Å². The number of rotatable bonds is 0. The Morgan fingerprint density at radius 2 is 2.38 bits per heavy atom. The molecule has 0 saturated carbocycles. The topological polar surface area (TPSA) is 17.3 Å². The monoisotopic (exact) mass is 113 g/mol. The molecule has 0 aromatic heterocycles. The third-order valence-corrected chi connectivity index (χ3v) is 1.76. The fourth-order valence-electron chi connectivity index (χ4n) is 0.866. The van der Waals surface area contributed by atoms with Crippen LogP contribution in [0.5, 0.6) is 0 Å². The molecule has 1 fully saturated rings. The van der Waals surface area contributed by atoms with E-state index in [-0.39, 0.29) is 0 Å². The van der Waals surface area contributed by atoms with Gasteiger partial charge in [0.1, 0.15) is 0 Å². The van der Waals surface area contributed by atoms with Crippen LogP contribution in [0.25, 0.3) is 5.32 Å². The normalized spacial score (nSPS) is 33.0. The summed E-state index contributed by atoms with van der Waals surface area (Å²) < 4.78 is 0. The first kappa shape index (κ1) is 6.05. The van der Waals surface area contributed by atoms with E-state index in [9.17, 15) is 0 Å². The third kappa shape index (κ3) is 1.20. The van der Waals surface area contributed by atoms with Gasteiger partial charge in [-0.25, -0.2) is 0 Å². The number of hydrogen-bond acceptors (Lipinski definition) is 1. The summed E-state index contributed by atoms with van der Waals surface area (Å²) in [5.74, 6) is 0. The molecule has 1 atom stereocenters. The molecule has 1 saturated heterocycles. The highest BCUT2D eigenvalue weighted by atomic mass is 15.2. The van der Waals surface area contributed by atoms with Crippen LogP contribution in [0, 0.1) is 0 Å². The second-order valence-electron chi connectivity index (χ2n) is 2.46. The van der Waals surface area contributed by atoms with Crippen molar-refractivity contribution in [2.45, 2.75) is 13.0 Å². The molecule has 0 amide bonds. The number of hydrogen-bond donors (Lipinski definition) is 0. The highest BCUT2D eigenvalue weighted by Gasteiger charge is 2.04. The number of piperazine rings is 1. The van der Waals surface area contributed by atoms with Crippen molar-refractivity contribution in [1.82, 2.24) is 4.90 Å². The summed E-state index contributed by atoms with van der Waals surface area (Å²) in [5.41, 5.74) is 0. The van der Waals surface area contributed by atoms with Crippen molar-refractivity contribution in [1.29, 1.82) is 0 Å². The average Bonchev–Trinajstić information content (AvgIpc) is 1.77. The molecule has 1 rings (SSSR count). The van der Waals surface area contributed by atoms with Gasteiger partial charge >= 0.3 is 0 Å².